The first-order valence-corrected chi connectivity index (χ1v) is 14.7. The van der Waals surface area contributed by atoms with Crippen molar-refractivity contribution in [2.75, 3.05) is 14.2 Å². The Morgan fingerprint density at radius 1 is 0.795 bits per heavy atom. The molecule has 4 rings (SSSR count). The number of fused-ring (bicyclic) bond motifs is 1. The summed E-state index contributed by atoms with van der Waals surface area (Å²) in [5, 5.41) is 5.49. The first-order chi connectivity index (χ1) is 21.2. The number of amides is 2. The summed E-state index contributed by atoms with van der Waals surface area (Å²) in [5.41, 5.74) is 1.66. The van der Waals surface area contributed by atoms with E-state index < -0.39 is 42.3 Å². The molecular formula is C32H42N2O10. The number of carbonyl (C=O) groups is 3. The number of carbonyl (C=O) groups excluding carboxylic acids is 3. The van der Waals surface area contributed by atoms with Crippen LogP contribution in [0.5, 0.6) is 0 Å². The Balaban J connectivity index is 1.37. The normalized spacial score (nSPS) is 23.2. The second-order valence-electron chi connectivity index (χ2n) is 11.2. The van der Waals surface area contributed by atoms with Crippen molar-refractivity contribution in [2.24, 2.45) is 0 Å². The maximum Gasteiger partial charge on any atom is 0.408 e. The molecule has 240 valence electrons. The van der Waals surface area contributed by atoms with Crippen molar-refractivity contribution < 1.29 is 47.5 Å². The number of benzene rings is 2. The van der Waals surface area contributed by atoms with Gasteiger partial charge in [0.1, 0.15) is 31.5 Å². The van der Waals surface area contributed by atoms with E-state index in [1.165, 1.54) is 7.11 Å². The monoisotopic (exact) mass is 614 g/mol. The molecule has 12 heteroatoms. The minimum Gasteiger partial charge on any atom is -0.467 e. The number of hydrogen-bond acceptors (Lipinski definition) is 10. The molecule has 2 aliphatic rings. The summed E-state index contributed by atoms with van der Waals surface area (Å²) in [7, 11) is 2.80. The molecule has 2 saturated heterocycles. The number of rotatable bonds is 14. The van der Waals surface area contributed by atoms with Gasteiger partial charge >= 0.3 is 18.2 Å². The van der Waals surface area contributed by atoms with E-state index in [2.05, 4.69) is 10.6 Å². The van der Waals surface area contributed by atoms with Crippen LogP contribution in [0.2, 0.25) is 0 Å². The quantitative estimate of drug-likeness (QED) is 0.235. The van der Waals surface area contributed by atoms with Crippen LogP contribution in [0.25, 0.3) is 0 Å². The van der Waals surface area contributed by atoms with Gasteiger partial charge in [-0.05, 0) is 50.7 Å². The predicted molar refractivity (Wildman–Crippen MR) is 157 cm³/mol. The lowest BCUT2D eigenvalue weighted by Crippen LogP contribution is -2.44. The molecule has 6 atom stereocenters. The molecule has 2 aliphatic heterocycles. The van der Waals surface area contributed by atoms with Crippen LogP contribution >= 0.6 is 0 Å². The van der Waals surface area contributed by atoms with E-state index in [-0.39, 0.29) is 37.9 Å². The third-order valence-corrected chi connectivity index (χ3v) is 7.47. The van der Waals surface area contributed by atoms with Gasteiger partial charge in [-0.2, -0.15) is 0 Å². The molecule has 0 aromatic heterocycles. The summed E-state index contributed by atoms with van der Waals surface area (Å²) in [4.78, 5) is 37.9. The number of esters is 1. The van der Waals surface area contributed by atoms with E-state index in [4.69, 9.17) is 33.2 Å². The van der Waals surface area contributed by atoms with Gasteiger partial charge in [0.25, 0.3) is 0 Å². The zero-order valence-corrected chi connectivity index (χ0v) is 25.6. The first kappa shape index (κ1) is 33.2. The highest BCUT2D eigenvalue weighted by molar-refractivity contribution is 5.81. The van der Waals surface area contributed by atoms with Gasteiger partial charge in [-0.15, -0.1) is 0 Å². The van der Waals surface area contributed by atoms with Gasteiger partial charge in [0.15, 0.2) is 12.1 Å². The molecular weight excluding hydrogens is 572 g/mol. The Morgan fingerprint density at radius 2 is 1.36 bits per heavy atom. The molecule has 0 radical (unpaired) electrons. The van der Waals surface area contributed by atoms with Crippen molar-refractivity contribution in [1.29, 1.82) is 0 Å². The summed E-state index contributed by atoms with van der Waals surface area (Å²) in [5.74, 6) is -1.41. The minimum atomic E-state index is -0.995. The summed E-state index contributed by atoms with van der Waals surface area (Å²) < 4.78 is 39.3. The molecule has 0 aliphatic carbocycles. The predicted octanol–water partition coefficient (Wildman–Crippen LogP) is 4.20. The molecule has 0 saturated carbocycles. The average molecular weight is 615 g/mol. The van der Waals surface area contributed by atoms with Crippen LogP contribution in [0.4, 0.5) is 9.59 Å². The van der Waals surface area contributed by atoms with Gasteiger partial charge in [-0.3, -0.25) is 0 Å². The SMILES string of the molecule is COC(=O)[C@H](CC[C@H](CC[C@H]1O[C@@H](OC)[C@@H]2OC(C)(C)O[C@@H]21)NC(=O)OCc1ccccc1)NC(=O)OCc1ccccc1. The molecule has 2 fully saturated rings. The van der Waals surface area contributed by atoms with Crippen LogP contribution in [0, 0.1) is 0 Å². The van der Waals surface area contributed by atoms with Crippen molar-refractivity contribution in [1.82, 2.24) is 10.6 Å². The number of methoxy groups -OCH3 is 2. The van der Waals surface area contributed by atoms with Crippen LogP contribution in [0.3, 0.4) is 0 Å². The number of hydrogen-bond donors (Lipinski definition) is 2. The third-order valence-electron chi connectivity index (χ3n) is 7.47. The van der Waals surface area contributed by atoms with Crippen LogP contribution in [-0.2, 0) is 51.2 Å². The lowest BCUT2D eigenvalue weighted by Gasteiger charge is -2.25. The maximum absolute atomic E-state index is 12.8. The average Bonchev–Trinajstić information content (AvgIpc) is 3.52. The van der Waals surface area contributed by atoms with Gasteiger partial charge in [0.05, 0.1) is 13.2 Å². The molecule has 2 amide bonds. The second-order valence-corrected chi connectivity index (χ2v) is 11.2. The Kier molecular flexibility index (Phi) is 12.0. The Hall–Kier alpha value is -3.71. The highest BCUT2D eigenvalue weighted by Crippen LogP contribution is 2.40. The number of nitrogens with one attached hydrogen (secondary N) is 2. The van der Waals surface area contributed by atoms with Crippen LogP contribution in [0.15, 0.2) is 60.7 Å². The Labute approximate surface area is 257 Å². The smallest absolute Gasteiger partial charge is 0.408 e. The lowest BCUT2D eigenvalue weighted by molar-refractivity contribution is -0.227. The number of ether oxygens (including phenoxy) is 7. The fraction of sp³-hybridized carbons (Fsp3) is 0.531. The van der Waals surface area contributed by atoms with Crippen molar-refractivity contribution >= 4 is 18.2 Å². The standard InChI is InChI=1S/C32H42N2O10/c1-32(2)43-26-25(42-29(39-4)27(26)44-32)18-16-23(33-30(36)40-19-21-11-7-5-8-12-21)15-17-24(28(35)38-3)34-31(37)41-20-22-13-9-6-10-14-22/h5-14,23-27,29H,15-20H2,1-4H3,(H,33,36)(H,34,37)/t23-,24+,25-,26-,27-,29-/m1/s1. The molecule has 0 bridgehead atoms. The molecule has 2 N–H and O–H groups in total. The molecule has 0 spiro atoms. The molecule has 2 heterocycles. The zero-order valence-electron chi connectivity index (χ0n) is 25.6. The number of alkyl carbamates (subject to hydrolysis) is 2. The van der Waals surface area contributed by atoms with Crippen molar-refractivity contribution in [3.63, 3.8) is 0 Å². The van der Waals surface area contributed by atoms with Gasteiger partial charge < -0.3 is 43.8 Å². The van der Waals surface area contributed by atoms with Gasteiger partial charge in [-0.25, -0.2) is 14.4 Å². The van der Waals surface area contributed by atoms with Crippen LogP contribution < -0.4 is 10.6 Å². The van der Waals surface area contributed by atoms with E-state index in [1.807, 2.05) is 74.5 Å². The van der Waals surface area contributed by atoms with Gasteiger partial charge in [0, 0.05) is 13.2 Å². The highest BCUT2D eigenvalue weighted by atomic mass is 16.8. The second kappa shape index (κ2) is 15.8. The highest BCUT2D eigenvalue weighted by Gasteiger charge is 2.55. The molecule has 0 unspecified atom stereocenters. The Morgan fingerprint density at radius 3 is 1.93 bits per heavy atom. The van der Waals surface area contributed by atoms with Crippen LogP contribution in [-0.4, -0.2) is 74.8 Å². The molecule has 2 aromatic rings. The summed E-state index contributed by atoms with van der Waals surface area (Å²) >= 11 is 0. The minimum absolute atomic E-state index is 0.0482. The van der Waals surface area contributed by atoms with E-state index >= 15 is 0 Å². The summed E-state index contributed by atoms with van der Waals surface area (Å²) in [6.07, 6.45) is -1.57. The largest absolute Gasteiger partial charge is 0.467 e. The summed E-state index contributed by atoms with van der Waals surface area (Å²) in [6, 6.07) is 17.1. The van der Waals surface area contributed by atoms with Crippen LogP contribution in [0.1, 0.15) is 50.7 Å². The zero-order chi connectivity index (χ0) is 31.5. The van der Waals surface area contributed by atoms with E-state index in [0.717, 1.165) is 11.1 Å². The molecule has 44 heavy (non-hydrogen) atoms. The van der Waals surface area contributed by atoms with Crippen molar-refractivity contribution in [3.05, 3.63) is 71.8 Å². The van der Waals surface area contributed by atoms with E-state index in [1.54, 1.807) is 7.11 Å². The van der Waals surface area contributed by atoms with Crippen molar-refractivity contribution in [3.8, 4) is 0 Å². The Bertz CT molecular complexity index is 1210. The third kappa shape index (κ3) is 9.65. The van der Waals surface area contributed by atoms with E-state index in [9.17, 15) is 14.4 Å². The van der Waals surface area contributed by atoms with E-state index in [0.29, 0.717) is 19.3 Å². The maximum atomic E-state index is 12.8. The summed E-state index contributed by atoms with van der Waals surface area (Å²) in [6.45, 7) is 3.83. The first-order valence-electron chi connectivity index (χ1n) is 14.7. The molecule has 12 nitrogen and oxygen atoms in total. The fourth-order valence-corrected chi connectivity index (χ4v) is 5.32. The van der Waals surface area contributed by atoms with Gasteiger partial charge in [0.2, 0.25) is 0 Å². The van der Waals surface area contributed by atoms with Gasteiger partial charge in [-0.1, -0.05) is 60.7 Å². The lowest BCUT2D eigenvalue weighted by atomic mass is 9.98. The molecule has 2 aromatic carbocycles. The van der Waals surface area contributed by atoms with Crippen molar-refractivity contribution in [2.45, 2.75) is 95.2 Å². The fourth-order valence-electron chi connectivity index (χ4n) is 5.32. The topological polar surface area (TPSA) is 140 Å².